The van der Waals surface area contributed by atoms with Crippen LogP contribution in [0.15, 0.2) is 121 Å². The van der Waals surface area contributed by atoms with E-state index >= 15 is 0 Å². The minimum atomic E-state index is -0.452. The molecule has 0 unspecified atom stereocenters. The van der Waals surface area contributed by atoms with Crippen LogP contribution in [0.3, 0.4) is 0 Å². The van der Waals surface area contributed by atoms with Crippen molar-refractivity contribution in [3.63, 3.8) is 0 Å². The highest BCUT2D eigenvalue weighted by molar-refractivity contribution is 6.65. The van der Waals surface area contributed by atoms with E-state index in [0.29, 0.717) is 17.5 Å². The predicted molar refractivity (Wildman–Crippen MR) is 175 cm³/mol. The van der Waals surface area contributed by atoms with E-state index in [9.17, 15) is 0 Å². The van der Waals surface area contributed by atoms with Gasteiger partial charge in [-0.05, 0) is 61.1 Å². The van der Waals surface area contributed by atoms with Gasteiger partial charge in [0, 0.05) is 16.7 Å². The minimum Gasteiger partial charge on any atom is -0.399 e. The van der Waals surface area contributed by atoms with E-state index in [1.807, 2.05) is 60.7 Å². The van der Waals surface area contributed by atoms with Gasteiger partial charge in [0.25, 0.3) is 0 Å². The first-order chi connectivity index (χ1) is 20.8. The van der Waals surface area contributed by atoms with Crippen molar-refractivity contribution in [3.05, 3.63) is 121 Å². The standard InChI is InChI=1S/C37H32BN3O2/c1-36(2)37(3,4)43-38(42-36)32-24-30(23-29-17-11-12-18-31(29)32)25-19-21-28(22-20-25)35-40-33(26-13-7-5-8-14-26)39-34(41-35)27-15-9-6-10-16-27/h5-24H,1-4H3. The third-order valence-corrected chi connectivity index (χ3v) is 8.58. The lowest BCUT2D eigenvalue weighted by atomic mass is 9.74. The number of nitrogens with zero attached hydrogens (tertiary/aromatic N) is 3. The van der Waals surface area contributed by atoms with Gasteiger partial charge >= 0.3 is 7.12 Å². The van der Waals surface area contributed by atoms with E-state index in [0.717, 1.165) is 44.1 Å². The van der Waals surface area contributed by atoms with E-state index in [1.165, 1.54) is 0 Å². The first-order valence-electron chi connectivity index (χ1n) is 14.6. The highest BCUT2D eigenvalue weighted by Crippen LogP contribution is 2.38. The summed E-state index contributed by atoms with van der Waals surface area (Å²) < 4.78 is 13.0. The van der Waals surface area contributed by atoms with Crippen molar-refractivity contribution in [3.8, 4) is 45.3 Å². The molecule has 0 bridgehead atoms. The van der Waals surface area contributed by atoms with Crippen molar-refractivity contribution in [2.45, 2.75) is 38.9 Å². The van der Waals surface area contributed by atoms with Crippen LogP contribution in [0.5, 0.6) is 0 Å². The topological polar surface area (TPSA) is 57.1 Å². The van der Waals surface area contributed by atoms with Crippen LogP contribution in [0.25, 0.3) is 56.1 Å². The number of rotatable bonds is 5. The van der Waals surface area contributed by atoms with Gasteiger partial charge < -0.3 is 9.31 Å². The van der Waals surface area contributed by atoms with Crippen molar-refractivity contribution in [1.82, 2.24) is 15.0 Å². The normalized spacial score (nSPS) is 15.6. The Bertz CT molecular complexity index is 1850. The van der Waals surface area contributed by atoms with Crippen LogP contribution < -0.4 is 5.46 Å². The van der Waals surface area contributed by atoms with Gasteiger partial charge in [0.05, 0.1) is 11.2 Å². The first kappa shape index (κ1) is 27.2. The van der Waals surface area contributed by atoms with Crippen LogP contribution in [0.1, 0.15) is 27.7 Å². The average Bonchev–Trinajstić information content (AvgIpc) is 3.27. The van der Waals surface area contributed by atoms with E-state index in [-0.39, 0.29) is 0 Å². The van der Waals surface area contributed by atoms with E-state index in [2.05, 4.69) is 88.4 Å². The summed E-state index contributed by atoms with van der Waals surface area (Å²) in [4.78, 5) is 14.6. The minimum absolute atomic E-state index is 0.418. The number of hydrogen-bond donors (Lipinski definition) is 0. The van der Waals surface area contributed by atoms with Crippen LogP contribution in [-0.4, -0.2) is 33.3 Å². The summed E-state index contributed by atoms with van der Waals surface area (Å²) >= 11 is 0. The number of benzene rings is 5. The predicted octanol–water partition coefficient (Wildman–Crippen LogP) is 7.99. The molecule has 2 heterocycles. The molecule has 5 nitrogen and oxygen atoms in total. The summed E-state index contributed by atoms with van der Waals surface area (Å²) in [5.74, 6) is 1.93. The van der Waals surface area contributed by atoms with Crippen molar-refractivity contribution < 1.29 is 9.31 Å². The summed E-state index contributed by atoms with van der Waals surface area (Å²) in [5.41, 5.74) is 5.21. The monoisotopic (exact) mass is 561 g/mol. The Hall–Kier alpha value is -4.65. The summed E-state index contributed by atoms with van der Waals surface area (Å²) in [7, 11) is -0.452. The molecule has 6 aromatic rings. The average molecular weight is 561 g/mol. The Morgan fingerprint density at radius 3 is 1.44 bits per heavy atom. The maximum absolute atomic E-state index is 6.48. The van der Waals surface area contributed by atoms with Crippen molar-refractivity contribution in [2.75, 3.05) is 0 Å². The lowest BCUT2D eigenvalue weighted by molar-refractivity contribution is 0.00578. The Kier molecular flexibility index (Phi) is 6.68. The van der Waals surface area contributed by atoms with E-state index < -0.39 is 18.3 Å². The molecule has 0 aliphatic carbocycles. The molecule has 210 valence electrons. The smallest absolute Gasteiger partial charge is 0.399 e. The Morgan fingerprint density at radius 2 is 0.907 bits per heavy atom. The van der Waals surface area contributed by atoms with Crippen LogP contribution in [0, 0.1) is 0 Å². The molecule has 0 radical (unpaired) electrons. The molecule has 7 rings (SSSR count). The summed E-state index contributed by atoms with van der Waals surface area (Å²) in [6.45, 7) is 8.35. The maximum atomic E-state index is 6.48. The molecule has 43 heavy (non-hydrogen) atoms. The van der Waals surface area contributed by atoms with Gasteiger partial charge in [0.1, 0.15) is 0 Å². The Morgan fingerprint density at radius 1 is 0.465 bits per heavy atom. The SMILES string of the molecule is CC1(C)OB(c2cc(-c3ccc(-c4nc(-c5ccccc5)nc(-c5ccccc5)n4)cc3)cc3ccccc23)OC1(C)C. The van der Waals surface area contributed by atoms with E-state index in [4.69, 9.17) is 24.3 Å². The fourth-order valence-corrected chi connectivity index (χ4v) is 5.42. The van der Waals surface area contributed by atoms with Crippen LogP contribution >= 0.6 is 0 Å². The van der Waals surface area contributed by atoms with Gasteiger partial charge in [-0.1, -0.05) is 115 Å². The number of aromatic nitrogens is 3. The van der Waals surface area contributed by atoms with Crippen molar-refractivity contribution >= 4 is 23.4 Å². The van der Waals surface area contributed by atoms with Gasteiger partial charge in [-0.15, -0.1) is 0 Å². The summed E-state index contributed by atoms with van der Waals surface area (Å²) in [6.07, 6.45) is 0. The third kappa shape index (κ3) is 5.14. The molecule has 0 amide bonds. The van der Waals surface area contributed by atoms with Gasteiger partial charge in [-0.25, -0.2) is 15.0 Å². The molecular weight excluding hydrogens is 529 g/mol. The van der Waals surface area contributed by atoms with Crippen LogP contribution in [0.4, 0.5) is 0 Å². The quantitative estimate of drug-likeness (QED) is 0.200. The van der Waals surface area contributed by atoms with Crippen LogP contribution in [-0.2, 0) is 9.31 Å². The van der Waals surface area contributed by atoms with Crippen molar-refractivity contribution in [2.24, 2.45) is 0 Å². The molecule has 0 saturated carbocycles. The molecule has 1 saturated heterocycles. The zero-order valence-corrected chi connectivity index (χ0v) is 24.8. The fraction of sp³-hybridized carbons (Fsp3) is 0.162. The van der Waals surface area contributed by atoms with Crippen molar-refractivity contribution in [1.29, 1.82) is 0 Å². The third-order valence-electron chi connectivity index (χ3n) is 8.58. The zero-order chi connectivity index (χ0) is 29.6. The summed E-state index contributed by atoms with van der Waals surface area (Å²) in [5, 5.41) is 2.28. The molecule has 1 aliphatic heterocycles. The molecule has 6 heteroatoms. The molecule has 5 aromatic carbocycles. The number of fused-ring (bicyclic) bond motifs is 1. The highest BCUT2D eigenvalue weighted by atomic mass is 16.7. The Balaban J connectivity index is 1.29. The Labute approximate surface area is 252 Å². The summed E-state index contributed by atoms with van der Waals surface area (Å²) in [6, 6.07) is 41.3. The largest absolute Gasteiger partial charge is 0.495 e. The molecular formula is C37H32BN3O2. The molecule has 0 spiro atoms. The second-order valence-corrected chi connectivity index (χ2v) is 12.0. The number of hydrogen-bond acceptors (Lipinski definition) is 5. The van der Waals surface area contributed by atoms with Gasteiger partial charge in [-0.3, -0.25) is 0 Å². The lowest BCUT2D eigenvalue weighted by Gasteiger charge is -2.32. The van der Waals surface area contributed by atoms with Crippen LogP contribution in [0.2, 0.25) is 0 Å². The fourth-order valence-electron chi connectivity index (χ4n) is 5.42. The second-order valence-electron chi connectivity index (χ2n) is 12.0. The maximum Gasteiger partial charge on any atom is 0.495 e. The molecule has 0 atom stereocenters. The lowest BCUT2D eigenvalue weighted by Crippen LogP contribution is -2.41. The van der Waals surface area contributed by atoms with E-state index in [1.54, 1.807) is 0 Å². The van der Waals surface area contributed by atoms with Gasteiger partial charge in [0.2, 0.25) is 0 Å². The molecule has 1 fully saturated rings. The highest BCUT2D eigenvalue weighted by Gasteiger charge is 2.52. The second kappa shape index (κ2) is 10.6. The van der Waals surface area contributed by atoms with Gasteiger partial charge in [0.15, 0.2) is 17.5 Å². The van der Waals surface area contributed by atoms with Gasteiger partial charge in [-0.2, -0.15) is 0 Å². The molecule has 1 aliphatic rings. The molecule has 1 aromatic heterocycles. The first-order valence-corrected chi connectivity index (χ1v) is 14.6. The zero-order valence-electron chi connectivity index (χ0n) is 24.8. The molecule has 0 N–H and O–H groups in total.